The van der Waals surface area contributed by atoms with Crippen LogP contribution in [-0.2, 0) is 42.8 Å². The predicted octanol–water partition coefficient (Wildman–Crippen LogP) is 14.1. The molecule has 13 nitrogen and oxygen atoms in total. The van der Waals surface area contributed by atoms with Crippen molar-refractivity contribution in [3.63, 3.8) is 0 Å². The molecule has 0 aliphatic carbocycles. The van der Waals surface area contributed by atoms with Gasteiger partial charge in [0.15, 0.2) is 0 Å². The maximum Gasteiger partial charge on any atom is 0.332 e. The summed E-state index contributed by atoms with van der Waals surface area (Å²) in [4.78, 5) is 34.7. The minimum atomic E-state index is -0.945. The minimum Gasteiger partial charge on any atom is -0.464 e. The Hall–Kier alpha value is -5.39. The van der Waals surface area contributed by atoms with Crippen LogP contribution in [0.25, 0.3) is 0 Å². The number of terminal acetylenes is 1. The van der Waals surface area contributed by atoms with E-state index in [0.717, 1.165) is 19.3 Å². The summed E-state index contributed by atoms with van der Waals surface area (Å²) in [5.41, 5.74) is 0. The van der Waals surface area contributed by atoms with Crippen molar-refractivity contribution in [3.05, 3.63) is 0 Å². The van der Waals surface area contributed by atoms with Gasteiger partial charge in [0.2, 0.25) is 0 Å². The van der Waals surface area contributed by atoms with Crippen LogP contribution in [0.4, 0.5) is 0 Å². The van der Waals surface area contributed by atoms with Crippen LogP contribution in [0.1, 0.15) is 244 Å². The molecular formula is C66H132O13. The van der Waals surface area contributed by atoms with E-state index in [9.17, 15) is 24.6 Å². The highest BCUT2D eigenvalue weighted by Gasteiger charge is 2.19. The van der Waals surface area contributed by atoms with Crippen LogP contribution in [0.15, 0.2) is 0 Å². The van der Waals surface area contributed by atoms with Gasteiger partial charge in [-0.25, -0.2) is 14.4 Å². The largest absolute Gasteiger partial charge is 0.464 e. The first-order valence-corrected chi connectivity index (χ1v) is 29.5. The van der Waals surface area contributed by atoms with E-state index in [-0.39, 0.29) is 89.0 Å². The highest BCUT2D eigenvalue weighted by atomic mass is 16.6. The predicted molar refractivity (Wildman–Crippen MR) is 349 cm³/mol. The van der Waals surface area contributed by atoms with Crippen LogP contribution < -0.4 is 0 Å². The lowest BCUT2D eigenvalue weighted by Gasteiger charge is -2.22. The highest BCUT2D eigenvalue weighted by Crippen LogP contribution is 2.17. The average Bonchev–Trinajstić information content (AvgIpc) is 2.18. The second-order valence-electron chi connectivity index (χ2n) is 19.0. The SMILES string of the molecule is C#CC#CC#CC#CC#CC#CC#CC#CC(CO)OCC(=O)OCCCOC(=O)COC(CO)CCCCCCCCCCCCCCCC.CCCCCCCCCCCCCCCCC1COC(=O)CO1.OCCCO.[HH].[HH].[HH].[HH].[HH].[HH].[HH].[HH].[HH].[HH].[HH].[HH].[HH].[HH].[HH].[HH].[HH]. The van der Waals surface area contributed by atoms with Gasteiger partial charge in [-0.2, -0.15) is 0 Å². The van der Waals surface area contributed by atoms with E-state index < -0.39 is 37.4 Å². The van der Waals surface area contributed by atoms with E-state index in [4.69, 9.17) is 45.1 Å². The fourth-order valence-electron chi connectivity index (χ4n) is 7.56. The molecule has 0 spiro atoms. The molecule has 0 aromatic rings. The van der Waals surface area contributed by atoms with Crippen LogP contribution in [-0.4, -0.2) is 123 Å². The van der Waals surface area contributed by atoms with Gasteiger partial charge in [0, 0.05) is 43.9 Å². The number of ether oxygens (including phenoxy) is 6. The molecule has 1 aliphatic heterocycles. The molecule has 0 aromatic heterocycles. The molecule has 1 fully saturated rings. The molecule has 0 amide bonds. The summed E-state index contributed by atoms with van der Waals surface area (Å²) in [6.45, 7) is 4.09. The molecule has 79 heavy (non-hydrogen) atoms. The Labute approximate surface area is 503 Å². The fourth-order valence-corrected chi connectivity index (χ4v) is 7.56. The van der Waals surface area contributed by atoms with E-state index in [1.165, 1.54) is 167 Å². The van der Waals surface area contributed by atoms with Crippen LogP contribution in [0.5, 0.6) is 0 Å². The summed E-state index contributed by atoms with van der Waals surface area (Å²) in [6, 6.07) is 0. The zero-order valence-electron chi connectivity index (χ0n) is 48.5. The molecule has 3 unspecified atom stereocenters. The Balaban J connectivity index is -0.0000000666. The lowest BCUT2D eigenvalue weighted by atomic mass is 10.0. The molecule has 4 N–H and O–H groups in total. The third-order valence-electron chi connectivity index (χ3n) is 12.0. The first-order chi connectivity index (χ1) is 38.8. The van der Waals surface area contributed by atoms with Crippen molar-refractivity contribution in [2.75, 3.05) is 66.1 Å². The van der Waals surface area contributed by atoms with Gasteiger partial charge in [-0.15, -0.1) is 6.42 Å². The number of carbonyl (C=O) groups is 3. The standard InChI is InChI=1S/C43H52O8.C20H38O3.C3H8O2.17H2/c1-3-5-7-9-11-13-15-17-19-21-23-25-27-29-32-40(36-44)50-38-42(46)48-34-31-35-49-43(47)39-51-41(37-45)33-30-28-26-24-22-20-18-16-14-12-10-8-6-4-2;1-2-3-4-5-6-7-8-9-10-11-12-13-14-15-16-19-17-23-20(21)18-22-19;4-2-1-3-5;;;;;;;;;;;;;;;;;/h1,40-41,44-45H,4,6,8,10,12,14,16,18,20,22,24,26,28,30-31,33-39H2,2H3;19H,2-18H2,1H3;4-5H,1-3H2;17*1H. The number of carbonyl (C=O) groups excluding carboxylic acids is 3. The summed E-state index contributed by atoms with van der Waals surface area (Å²) in [6.07, 6.45) is 43.6. The van der Waals surface area contributed by atoms with Gasteiger partial charge in [-0.3, -0.25) is 0 Å². The fraction of sp³-hybridized carbons (Fsp3) is 0.712. The van der Waals surface area contributed by atoms with Crippen LogP contribution in [0.2, 0.25) is 0 Å². The van der Waals surface area contributed by atoms with E-state index in [1.54, 1.807) is 0 Å². The second kappa shape index (κ2) is 65.1. The molecule has 3 atom stereocenters. The zero-order valence-corrected chi connectivity index (χ0v) is 48.5. The number of cyclic esters (lactones) is 1. The number of hydrogen-bond acceptors (Lipinski definition) is 13. The van der Waals surface area contributed by atoms with Gasteiger partial charge in [0.05, 0.1) is 38.6 Å². The summed E-state index contributed by atoms with van der Waals surface area (Å²) in [5, 5.41) is 34.8. The average molecular weight is 1130 g/mol. The monoisotopic (exact) mass is 1130 g/mol. The molecule has 474 valence electrons. The van der Waals surface area contributed by atoms with Crippen molar-refractivity contribution in [3.8, 4) is 95.2 Å². The molecule has 13 heteroatoms. The molecule has 0 radical (unpaired) electrons. The van der Waals surface area contributed by atoms with Gasteiger partial charge in [0.1, 0.15) is 32.5 Å². The van der Waals surface area contributed by atoms with Crippen molar-refractivity contribution in [2.24, 2.45) is 0 Å². The van der Waals surface area contributed by atoms with Crippen molar-refractivity contribution in [1.82, 2.24) is 0 Å². The lowest BCUT2D eigenvalue weighted by Crippen LogP contribution is -2.32. The Kier molecular flexibility index (Phi) is 62.4. The molecule has 1 rings (SSSR count). The van der Waals surface area contributed by atoms with Crippen molar-refractivity contribution in [2.45, 2.75) is 238 Å². The zero-order chi connectivity index (χ0) is 58.0. The summed E-state index contributed by atoms with van der Waals surface area (Å²) in [5.74, 6) is 35.0. The van der Waals surface area contributed by atoms with Crippen molar-refractivity contribution >= 4 is 17.9 Å². The molecule has 0 bridgehead atoms. The molecule has 1 saturated heterocycles. The third-order valence-corrected chi connectivity index (χ3v) is 12.0. The number of esters is 3. The van der Waals surface area contributed by atoms with Crippen molar-refractivity contribution in [1.29, 1.82) is 0 Å². The number of aliphatic hydroxyl groups excluding tert-OH is 4. The topological polar surface area (TPSA) is 188 Å². The van der Waals surface area contributed by atoms with Gasteiger partial charge in [-0.1, -0.05) is 200 Å². The summed E-state index contributed by atoms with van der Waals surface area (Å²) < 4.78 is 31.3. The Morgan fingerprint density at radius 2 is 0.911 bits per heavy atom. The Morgan fingerprint density at radius 3 is 1.28 bits per heavy atom. The lowest BCUT2D eigenvalue weighted by molar-refractivity contribution is -0.168. The third kappa shape index (κ3) is 61.7. The van der Waals surface area contributed by atoms with E-state index in [2.05, 4.69) is 103 Å². The van der Waals surface area contributed by atoms with Gasteiger partial charge in [0.25, 0.3) is 0 Å². The first-order valence-electron chi connectivity index (χ1n) is 29.5. The number of unbranched alkanes of at least 4 members (excludes halogenated alkanes) is 26. The maximum absolute atomic E-state index is 12.0. The van der Waals surface area contributed by atoms with Crippen LogP contribution in [0.3, 0.4) is 0 Å². The molecular weight excluding hydrogens is 1000 g/mol. The molecule has 1 heterocycles. The summed E-state index contributed by atoms with van der Waals surface area (Å²) in [7, 11) is 0. The summed E-state index contributed by atoms with van der Waals surface area (Å²) >= 11 is 0. The highest BCUT2D eigenvalue weighted by molar-refractivity contribution is 5.71. The van der Waals surface area contributed by atoms with Gasteiger partial charge in [-0.05, 0) is 102 Å². The Morgan fingerprint density at radius 1 is 0.519 bits per heavy atom. The number of rotatable bonds is 44. The minimum absolute atomic E-state index is 0. The van der Waals surface area contributed by atoms with Crippen LogP contribution >= 0.6 is 0 Å². The second-order valence-corrected chi connectivity index (χ2v) is 19.0. The van der Waals surface area contributed by atoms with E-state index >= 15 is 0 Å². The van der Waals surface area contributed by atoms with Gasteiger partial charge < -0.3 is 48.8 Å². The maximum atomic E-state index is 12.0. The number of aliphatic hydroxyl groups is 4. The van der Waals surface area contributed by atoms with Crippen molar-refractivity contribution < 1.29 is 87.5 Å². The molecule has 1 aliphatic rings. The van der Waals surface area contributed by atoms with Gasteiger partial charge >= 0.3 is 17.9 Å². The molecule has 0 aromatic carbocycles. The van der Waals surface area contributed by atoms with Crippen LogP contribution in [0, 0.1) is 95.2 Å². The number of hydrogen-bond donors (Lipinski definition) is 4. The van der Waals surface area contributed by atoms with E-state index in [0.29, 0.717) is 19.4 Å². The molecule has 0 saturated carbocycles. The Bertz CT molecular complexity index is 2050. The van der Waals surface area contributed by atoms with E-state index in [1.807, 2.05) is 0 Å². The normalized spacial score (nSPS) is 12.4. The quantitative estimate of drug-likeness (QED) is 0.0196. The first kappa shape index (κ1) is 75.7. The smallest absolute Gasteiger partial charge is 0.332 e.